The first kappa shape index (κ1) is 24.6. The van der Waals surface area contributed by atoms with Gasteiger partial charge in [0.2, 0.25) is 0 Å². The molecule has 5 rings (SSSR count). The third kappa shape index (κ3) is 2.18. The molecule has 0 heterocycles. The lowest BCUT2D eigenvalue weighted by Gasteiger charge is -2.44. The fraction of sp³-hybridized carbons (Fsp3) is 0.778. The van der Waals surface area contributed by atoms with Crippen molar-refractivity contribution in [2.24, 2.45) is 23.7 Å². The van der Waals surface area contributed by atoms with E-state index in [1.165, 1.54) is 0 Å². The van der Waals surface area contributed by atoms with Crippen LogP contribution in [0.15, 0.2) is 20.1 Å². The van der Waals surface area contributed by atoms with Crippen molar-refractivity contribution in [1.29, 1.82) is 0 Å². The first-order valence-corrected chi connectivity index (χ1v) is 13.8. The van der Waals surface area contributed by atoms with Gasteiger partial charge in [-0.05, 0) is 49.4 Å². The van der Waals surface area contributed by atoms with Crippen molar-refractivity contribution in [2.75, 3.05) is 0 Å². The molecule has 0 N–H and O–H groups in total. The number of hydrogen-bond donors (Lipinski definition) is 0. The van der Waals surface area contributed by atoms with Crippen LogP contribution in [0, 0.1) is 23.7 Å². The van der Waals surface area contributed by atoms with Crippen LogP contribution >= 0.6 is 139 Å². The van der Waals surface area contributed by atoms with E-state index in [-0.39, 0.29) is 43.8 Å². The van der Waals surface area contributed by atoms with E-state index in [4.69, 9.17) is 139 Å². The van der Waals surface area contributed by atoms with E-state index in [9.17, 15) is 0 Å². The topological polar surface area (TPSA) is 0 Å². The summed E-state index contributed by atoms with van der Waals surface area (Å²) in [4.78, 5) is -5.28. The lowest BCUT2D eigenvalue weighted by molar-refractivity contribution is 0.175. The van der Waals surface area contributed by atoms with Gasteiger partial charge in [0.1, 0.15) is 19.5 Å². The third-order valence-electron chi connectivity index (χ3n) is 8.08. The van der Waals surface area contributed by atoms with Crippen molar-refractivity contribution < 1.29 is 0 Å². The van der Waals surface area contributed by atoms with Crippen LogP contribution < -0.4 is 0 Å². The molecule has 12 heteroatoms. The second-order valence-electron chi connectivity index (χ2n) is 8.83. The zero-order chi connectivity index (χ0) is 22.4. The summed E-state index contributed by atoms with van der Waals surface area (Å²) >= 11 is 81.3. The standard InChI is InChI=1S/C18H12Cl12/c19-9-10(20)15(25)7-3-4-8-6(2-1-5(7)13(9,23)17(15,27)28)14(24)11(21)12(22)16(8,26)18(14,29)30/h5-8H,1-4H2/t5-,6-,7-,8-,13-,14-,15+,16+/m1/s1. The van der Waals surface area contributed by atoms with Gasteiger partial charge in [0, 0.05) is 0 Å². The minimum Gasteiger partial charge on any atom is -0.109 e. The van der Waals surface area contributed by atoms with Gasteiger partial charge in [-0.1, -0.05) is 92.8 Å². The largest absolute Gasteiger partial charge is 0.166 e. The molecular formula is C18H12Cl12. The molecule has 0 amide bonds. The normalized spacial score (nSPS) is 55.6. The average Bonchev–Trinajstić information content (AvgIpc) is 2.96. The van der Waals surface area contributed by atoms with E-state index >= 15 is 0 Å². The van der Waals surface area contributed by atoms with Crippen LogP contribution in [0.4, 0.5) is 0 Å². The molecule has 0 nitrogen and oxygen atoms in total. The van der Waals surface area contributed by atoms with Crippen LogP contribution in [0.1, 0.15) is 25.7 Å². The predicted octanol–water partition coefficient (Wildman–Crippen LogP) is 9.72. The maximum atomic E-state index is 7.02. The summed E-state index contributed by atoms with van der Waals surface area (Å²) in [5.41, 5.74) is 0. The maximum absolute atomic E-state index is 7.02. The summed E-state index contributed by atoms with van der Waals surface area (Å²) in [7, 11) is 0. The van der Waals surface area contributed by atoms with Gasteiger partial charge in [-0.25, -0.2) is 0 Å². The Balaban J connectivity index is 1.62. The molecule has 3 saturated carbocycles. The Kier molecular flexibility index (Phi) is 5.61. The molecule has 3 fully saturated rings. The van der Waals surface area contributed by atoms with Gasteiger partial charge < -0.3 is 0 Å². The zero-order valence-corrected chi connectivity index (χ0v) is 23.7. The highest BCUT2D eigenvalue weighted by atomic mass is 35.5. The van der Waals surface area contributed by atoms with Gasteiger partial charge >= 0.3 is 0 Å². The molecule has 0 aromatic carbocycles. The number of hydrogen-bond acceptors (Lipinski definition) is 0. The molecular weight excluding hydrogens is 642 g/mol. The highest BCUT2D eigenvalue weighted by Crippen LogP contribution is 2.81. The van der Waals surface area contributed by atoms with E-state index in [0.717, 1.165) is 0 Å². The Hall–Kier alpha value is 2.96. The summed E-state index contributed by atoms with van der Waals surface area (Å²) in [6.07, 6.45) is 2.22. The molecule has 4 bridgehead atoms. The van der Waals surface area contributed by atoms with Crippen LogP contribution in [0.5, 0.6) is 0 Å². The van der Waals surface area contributed by atoms with Crippen LogP contribution in [0.3, 0.4) is 0 Å². The van der Waals surface area contributed by atoms with E-state index in [2.05, 4.69) is 0 Å². The third-order valence-corrected chi connectivity index (χ3v) is 16.8. The SMILES string of the molecule is ClC1=C(Cl)[C@]2(Cl)[C@@H]3CC[C@@H]4[C@@H](CC[C@H]3[C@@]1(Cl)C2(Cl)Cl)[C@]1(Cl)C(Cl)=C(Cl)[C@@]4(Cl)C1(Cl)Cl. The van der Waals surface area contributed by atoms with E-state index in [0.29, 0.717) is 25.7 Å². The first-order valence-electron chi connectivity index (χ1n) is 9.22. The van der Waals surface area contributed by atoms with Crippen molar-refractivity contribution >= 4 is 139 Å². The molecule has 168 valence electrons. The van der Waals surface area contributed by atoms with Crippen LogP contribution in [-0.2, 0) is 0 Å². The zero-order valence-electron chi connectivity index (χ0n) is 14.7. The number of alkyl halides is 8. The Bertz CT molecular complexity index is 782. The van der Waals surface area contributed by atoms with E-state index < -0.39 is 28.2 Å². The minimum absolute atomic E-state index is 0.191. The van der Waals surface area contributed by atoms with Crippen molar-refractivity contribution in [3.63, 3.8) is 0 Å². The Morgan fingerprint density at radius 1 is 0.400 bits per heavy atom. The van der Waals surface area contributed by atoms with Crippen molar-refractivity contribution in [3.8, 4) is 0 Å². The molecule has 5 aliphatic rings. The Morgan fingerprint density at radius 3 is 0.733 bits per heavy atom. The molecule has 30 heavy (non-hydrogen) atoms. The second kappa shape index (κ2) is 6.83. The number of allylic oxidation sites excluding steroid dienone is 4. The summed E-state index contributed by atoms with van der Waals surface area (Å²) in [6.45, 7) is 0. The van der Waals surface area contributed by atoms with Crippen molar-refractivity contribution in [3.05, 3.63) is 20.1 Å². The quantitative estimate of drug-likeness (QED) is 0.229. The van der Waals surface area contributed by atoms with Crippen molar-refractivity contribution in [1.82, 2.24) is 0 Å². The second-order valence-corrected chi connectivity index (χ2v) is 15.4. The lowest BCUT2D eigenvalue weighted by Crippen LogP contribution is -2.45. The first-order chi connectivity index (χ1) is 13.6. The highest BCUT2D eigenvalue weighted by molar-refractivity contribution is 6.66. The number of halogens is 12. The number of rotatable bonds is 0. The molecule has 5 aliphatic carbocycles. The lowest BCUT2D eigenvalue weighted by atomic mass is 9.67. The van der Waals surface area contributed by atoms with Gasteiger partial charge in [-0.15, -0.1) is 46.4 Å². The smallest absolute Gasteiger partial charge is 0.109 e. The average molecular weight is 654 g/mol. The Morgan fingerprint density at radius 2 is 0.567 bits per heavy atom. The van der Waals surface area contributed by atoms with Crippen LogP contribution in [0.25, 0.3) is 0 Å². The summed E-state index contributed by atoms with van der Waals surface area (Å²) in [5.74, 6) is -0.976. The molecule has 0 spiro atoms. The van der Waals surface area contributed by atoms with Crippen LogP contribution in [-0.4, -0.2) is 28.2 Å². The molecule has 0 aromatic heterocycles. The highest BCUT2D eigenvalue weighted by Gasteiger charge is 2.85. The van der Waals surface area contributed by atoms with E-state index in [1.54, 1.807) is 0 Å². The fourth-order valence-corrected chi connectivity index (χ4v) is 13.0. The summed E-state index contributed by atoms with van der Waals surface area (Å²) in [6, 6.07) is 0. The van der Waals surface area contributed by atoms with Crippen molar-refractivity contribution in [2.45, 2.75) is 53.8 Å². The monoisotopic (exact) mass is 648 g/mol. The van der Waals surface area contributed by atoms with Gasteiger partial charge in [0.25, 0.3) is 0 Å². The van der Waals surface area contributed by atoms with Gasteiger partial charge in [-0.3, -0.25) is 0 Å². The molecule has 0 saturated heterocycles. The maximum Gasteiger partial charge on any atom is 0.166 e. The number of fused-ring (bicyclic) bond motifs is 10. The van der Waals surface area contributed by atoms with Gasteiger partial charge in [0.05, 0.1) is 20.1 Å². The van der Waals surface area contributed by atoms with Gasteiger partial charge in [-0.2, -0.15) is 0 Å². The minimum atomic E-state index is -1.58. The molecule has 0 aliphatic heterocycles. The molecule has 8 atom stereocenters. The molecule has 0 radical (unpaired) electrons. The summed E-state index contributed by atoms with van der Waals surface area (Å²) in [5, 5.41) is 0.765. The molecule has 0 aromatic rings. The van der Waals surface area contributed by atoms with Crippen LogP contribution in [0.2, 0.25) is 0 Å². The summed E-state index contributed by atoms with van der Waals surface area (Å²) < 4.78 is -3.17. The fourth-order valence-electron chi connectivity index (χ4n) is 6.73. The van der Waals surface area contributed by atoms with E-state index in [1.807, 2.05) is 0 Å². The molecule has 0 unspecified atom stereocenters. The Labute approximate surface area is 234 Å². The predicted molar refractivity (Wildman–Crippen MR) is 133 cm³/mol. The van der Waals surface area contributed by atoms with Gasteiger partial charge in [0.15, 0.2) is 8.67 Å².